The van der Waals surface area contributed by atoms with E-state index in [1.54, 1.807) is 31.2 Å². The standard InChI is InChI=1S/C16H15NO6/c1-3-22-16(18)11-4-9-15(14(10-11)17(19)20)23-13-7-5-12(21-2)6-8-13/h4-10H,3H2,1-2H3. The second-order valence-electron chi connectivity index (χ2n) is 4.44. The first-order valence-electron chi connectivity index (χ1n) is 6.82. The normalized spacial score (nSPS) is 10.0. The van der Waals surface area contributed by atoms with E-state index in [1.807, 2.05) is 0 Å². The van der Waals surface area contributed by atoms with Crippen molar-refractivity contribution in [3.63, 3.8) is 0 Å². The van der Waals surface area contributed by atoms with Crippen molar-refractivity contribution in [2.75, 3.05) is 13.7 Å². The summed E-state index contributed by atoms with van der Waals surface area (Å²) in [6.45, 7) is 1.85. The van der Waals surface area contributed by atoms with Gasteiger partial charge in [0.05, 0.1) is 24.2 Å². The molecule has 7 heteroatoms. The van der Waals surface area contributed by atoms with Crippen LogP contribution in [-0.2, 0) is 4.74 Å². The maximum atomic E-state index is 11.7. The monoisotopic (exact) mass is 317 g/mol. The zero-order valence-electron chi connectivity index (χ0n) is 12.6. The van der Waals surface area contributed by atoms with Crippen molar-refractivity contribution < 1.29 is 23.9 Å². The van der Waals surface area contributed by atoms with Gasteiger partial charge in [-0.3, -0.25) is 10.1 Å². The maximum Gasteiger partial charge on any atom is 0.338 e. The molecular formula is C16H15NO6. The molecule has 0 aliphatic rings. The third-order valence-corrected chi connectivity index (χ3v) is 2.95. The van der Waals surface area contributed by atoms with E-state index in [-0.39, 0.29) is 23.6 Å². The number of hydrogen-bond acceptors (Lipinski definition) is 6. The number of carbonyl (C=O) groups excluding carboxylic acids is 1. The van der Waals surface area contributed by atoms with Crippen LogP contribution in [0.1, 0.15) is 17.3 Å². The molecule has 0 saturated heterocycles. The number of esters is 1. The first kappa shape index (κ1) is 16.3. The molecule has 7 nitrogen and oxygen atoms in total. The molecule has 0 spiro atoms. The molecule has 0 radical (unpaired) electrons. The van der Waals surface area contributed by atoms with Crippen LogP contribution in [0.15, 0.2) is 42.5 Å². The van der Waals surface area contributed by atoms with Gasteiger partial charge >= 0.3 is 11.7 Å². The lowest BCUT2D eigenvalue weighted by molar-refractivity contribution is -0.385. The van der Waals surface area contributed by atoms with Crippen molar-refractivity contribution in [2.24, 2.45) is 0 Å². The average molecular weight is 317 g/mol. The first-order chi connectivity index (χ1) is 11.0. The van der Waals surface area contributed by atoms with Gasteiger partial charge in [-0.15, -0.1) is 0 Å². The largest absolute Gasteiger partial charge is 0.497 e. The fraction of sp³-hybridized carbons (Fsp3) is 0.188. The Hall–Kier alpha value is -3.09. The van der Waals surface area contributed by atoms with E-state index in [2.05, 4.69) is 0 Å². The van der Waals surface area contributed by atoms with Crippen LogP contribution in [-0.4, -0.2) is 24.6 Å². The number of ether oxygens (including phenoxy) is 3. The van der Waals surface area contributed by atoms with Gasteiger partial charge in [0.2, 0.25) is 5.75 Å². The fourth-order valence-corrected chi connectivity index (χ4v) is 1.86. The second-order valence-corrected chi connectivity index (χ2v) is 4.44. The zero-order chi connectivity index (χ0) is 16.8. The van der Waals surface area contributed by atoms with E-state index < -0.39 is 10.9 Å². The molecular weight excluding hydrogens is 302 g/mol. The topological polar surface area (TPSA) is 87.9 Å². The van der Waals surface area contributed by atoms with Crippen molar-refractivity contribution in [2.45, 2.75) is 6.92 Å². The quantitative estimate of drug-likeness (QED) is 0.460. The predicted molar refractivity (Wildman–Crippen MR) is 82.1 cm³/mol. The number of rotatable bonds is 6. The number of nitro groups is 1. The van der Waals surface area contributed by atoms with E-state index in [0.717, 1.165) is 6.07 Å². The molecule has 23 heavy (non-hydrogen) atoms. The molecule has 0 aliphatic carbocycles. The summed E-state index contributed by atoms with van der Waals surface area (Å²) in [4.78, 5) is 22.2. The number of nitro benzene ring substituents is 1. The molecule has 120 valence electrons. The zero-order valence-corrected chi connectivity index (χ0v) is 12.6. The van der Waals surface area contributed by atoms with Gasteiger partial charge in [0, 0.05) is 6.07 Å². The molecule has 0 saturated carbocycles. The minimum Gasteiger partial charge on any atom is -0.497 e. The first-order valence-corrected chi connectivity index (χ1v) is 6.82. The van der Waals surface area contributed by atoms with E-state index in [0.29, 0.717) is 11.5 Å². The third kappa shape index (κ3) is 3.97. The lowest BCUT2D eigenvalue weighted by Gasteiger charge is -2.08. The van der Waals surface area contributed by atoms with Gasteiger partial charge in [-0.05, 0) is 43.3 Å². The van der Waals surface area contributed by atoms with Crippen LogP contribution in [0.2, 0.25) is 0 Å². The molecule has 0 aromatic heterocycles. The van der Waals surface area contributed by atoms with Gasteiger partial charge < -0.3 is 14.2 Å². The molecule has 0 N–H and O–H groups in total. The van der Waals surface area contributed by atoms with Crippen LogP contribution in [0.4, 0.5) is 5.69 Å². The minimum absolute atomic E-state index is 0.0354. The van der Waals surface area contributed by atoms with Crippen LogP contribution in [0, 0.1) is 10.1 Å². The van der Waals surface area contributed by atoms with Crippen molar-refractivity contribution >= 4 is 11.7 Å². The smallest absolute Gasteiger partial charge is 0.338 e. The molecule has 0 fully saturated rings. The highest BCUT2D eigenvalue weighted by atomic mass is 16.6. The Morgan fingerprint density at radius 3 is 2.35 bits per heavy atom. The highest BCUT2D eigenvalue weighted by Crippen LogP contribution is 2.33. The summed E-state index contributed by atoms with van der Waals surface area (Å²) < 4.78 is 15.4. The third-order valence-electron chi connectivity index (χ3n) is 2.95. The Bertz CT molecular complexity index is 711. The van der Waals surface area contributed by atoms with Gasteiger partial charge in [-0.25, -0.2) is 4.79 Å². The molecule has 0 unspecified atom stereocenters. The van der Waals surface area contributed by atoms with Gasteiger partial charge in [0.25, 0.3) is 0 Å². The van der Waals surface area contributed by atoms with Gasteiger partial charge in [0.1, 0.15) is 11.5 Å². The van der Waals surface area contributed by atoms with Crippen LogP contribution < -0.4 is 9.47 Å². The summed E-state index contributed by atoms with van der Waals surface area (Å²) >= 11 is 0. The van der Waals surface area contributed by atoms with Crippen LogP contribution in [0.3, 0.4) is 0 Å². The summed E-state index contributed by atoms with van der Waals surface area (Å²) in [6, 6.07) is 10.5. The highest BCUT2D eigenvalue weighted by Gasteiger charge is 2.20. The van der Waals surface area contributed by atoms with Crippen LogP contribution in [0.5, 0.6) is 17.2 Å². The number of carbonyl (C=O) groups is 1. The minimum atomic E-state index is -0.619. The number of methoxy groups -OCH3 is 1. The molecule has 0 atom stereocenters. The summed E-state index contributed by atoms with van der Waals surface area (Å²) in [7, 11) is 1.54. The Morgan fingerprint density at radius 2 is 1.78 bits per heavy atom. The van der Waals surface area contributed by atoms with Crippen molar-refractivity contribution in [3.8, 4) is 17.2 Å². The molecule has 0 amide bonds. The Morgan fingerprint density at radius 1 is 1.13 bits per heavy atom. The average Bonchev–Trinajstić information content (AvgIpc) is 2.56. The molecule has 2 aromatic rings. The van der Waals surface area contributed by atoms with E-state index in [1.165, 1.54) is 19.2 Å². The van der Waals surface area contributed by atoms with E-state index in [9.17, 15) is 14.9 Å². The molecule has 0 bridgehead atoms. The predicted octanol–water partition coefficient (Wildman–Crippen LogP) is 3.57. The van der Waals surface area contributed by atoms with Crippen LogP contribution >= 0.6 is 0 Å². The van der Waals surface area contributed by atoms with E-state index >= 15 is 0 Å². The molecule has 0 heterocycles. The SMILES string of the molecule is CCOC(=O)c1ccc(Oc2ccc(OC)cc2)c([N+](=O)[O-])c1. The lowest BCUT2D eigenvalue weighted by Crippen LogP contribution is -2.05. The van der Waals surface area contributed by atoms with Crippen LogP contribution in [0.25, 0.3) is 0 Å². The van der Waals surface area contributed by atoms with Gasteiger partial charge in [0.15, 0.2) is 0 Å². The number of hydrogen-bond donors (Lipinski definition) is 0. The molecule has 2 aromatic carbocycles. The Labute approximate surface area is 132 Å². The highest BCUT2D eigenvalue weighted by molar-refractivity contribution is 5.90. The summed E-state index contributed by atoms with van der Waals surface area (Å²) in [5.41, 5.74) is -0.216. The number of nitrogens with zero attached hydrogens (tertiary/aromatic N) is 1. The van der Waals surface area contributed by atoms with E-state index in [4.69, 9.17) is 14.2 Å². The van der Waals surface area contributed by atoms with Gasteiger partial charge in [-0.2, -0.15) is 0 Å². The van der Waals surface area contributed by atoms with Crippen molar-refractivity contribution in [3.05, 3.63) is 58.1 Å². The summed E-state index contributed by atoms with van der Waals surface area (Å²) in [5, 5.41) is 11.2. The Kier molecular flexibility index (Phi) is 5.14. The maximum absolute atomic E-state index is 11.7. The summed E-state index contributed by atoms with van der Waals surface area (Å²) in [5.74, 6) is 0.474. The second kappa shape index (κ2) is 7.26. The molecule has 0 aliphatic heterocycles. The fourth-order valence-electron chi connectivity index (χ4n) is 1.86. The summed E-state index contributed by atoms with van der Waals surface area (Å²) in [6.07, 6.45) is 0. The van der Waals surface area contributed by atoms with Crippen molar-refractivity contribution in [1.29, 1.82) is 0 Å². The lowest BCUT2D eigenvalue weighted by atomic mass is 10.2. The number of benzene rings is 2. The van der Waals surface area contributed by atoms with Crippen molar-refractivity contribution in [1.82, 2.24) is 0 Å². The Balaban J connectivity index is 2.30. The van der Waals surface area contributed by atoms with Gasteiger partial charge in [-0.1, -0.05) is 0 Å². The molecule has 2 rings (SSSR count).